The van der Waals surface area contributed by atoms with Crippen LogP contribution in [-0.4, -0.2) is 25.5 Å². The molecule has 0 fully saturated rings. The Balaban J connectivity index is 1.78. The maximum atomic E-state index is 13.3. The SMILES string of the molecule is Cc1ccc(C(=O)c2c(O)c(O)n(-c3nc4ccc(Cl)cc4s3)c2-c2ccc(C(F)(F)F)cc2)o1. The van der Waals surface area contributed by atoms with Crippen molar-refractivity contribution >= 4 is 38.9 Å². The first-order chi connectivity index (χ1) is 16.5. The molecular formula is C24H14ClF3N2O4S. The Morgan fingerprint density at radius 2 is 1.80 bits per heavy atom. The van der Waals surface area contributed by atoms with Crippen molar-refractivity contribution in [1.29, 1.82) is 0 Å². The third kappa shape index (κ3) is 3.94. The molecule has 0 saturated heterocycles. The molecule has 3 aromatic heterocycles. The fourth-order valence-corrected chi connectivity index (χ4v) is 4.95. The van der Waals surface area contributed by atoms with Gasteiger partial charge < -0.3 is 14.6 Å². The van der Waals surface area contributed by atoms with Gasteiger partial charge in [0.15, 0.2) is 16.6 Å². The zero-order valence-electron chi connectivity index (χ0n) is 17.7. The molecule has 178 valence electrons. The lowest BCUT2D eigenvalue weighted by atomic mass is 10.0. The fourth-order valence-electron chi connectivity index (χ4n) is 3.70. The maximum Gasteiger partial charge on any atom is 0.416 e. The standard InChI is InChI=1S/C24H14ClF3N2O4S/c1-11-2-9-16(34-11)20(31)18-19(12-3-5-13(6-4-12)24(26,27)28)30(22(33)21(18)32)23-29-15-8-7-14(25)10-17(15)35-23/h2-10,32-33H,1H3. The van der Waals surface area contributed by atoms with E-state index in [1.165, 1.54) is 6.07 Å². The monoisotopic (exact) mass is 518 g/mol. The van der Waals surface area contributed by atoms with Gasteiger partial charge in [-0.2, -0.15) is 13.2 Å². The molecule has 0 unspecified atom stereocenters. The number of halogens is 4. The summed E-state index contributed by atoms with van der Waals surface area (Å²) in [6.45, 7) is 1.63. The van der Waals surface area contributed by atoms with Crippen LogP contribution in [0, 0.1) is 6.92 Å². The lowest BCUT2D eigenvalue weighted by molar-refractivity contribution is -0.137. The number of hydrogen-bond acceptors (Lipinski definition) is 6. The van der Waals surface area contributed by atoms with Crippen LogP contribution >= 0.6 is 22.9 Å². The lowest BCUT2D eigenvalue weighted by Crippen LogP contribution is -2.06. The molecule has 6 nitrogen and oxygen atoms in total. The van der Waals surface area contributed by atoms with E-state index in [9.17, 15) is 28.2 Å². The van der Waals surface area contributed by atoms with Crippen LogP contribution in [0.15, 0.2) is 59.0 Å². The van der Waals surface area contributed by atoms with Gasteiger partial charge in [-0.3, -0.25) is 9.36 Å². The summed E-state index contributed by atoms with van der Waals surface area (Å²) >= 11 is 7.17. The number of ketones is 1. The third-order valence-corrected chi connectivity index (χ3v) is 6.57. The van der Waals surface area contributed by atoms with Crippen LogP contribution in [0.4, 0.5) is 13.2 Å². The molecule has 2 N–H and O–H groups in total. The van der Waals surface area contributed by atoms with Crippen molar-refractivity contribution in [3.63, 3.8) is 0 Å². The minimum absolute atomic E-state index is 0.0436. The number of nitrogens with zero attached hydrogens (tertiary/aromatic N) is 2. The van der Waals surface area contributed by atoms with Crippen LogP contribution in [0.5, 0.6) is 11.6 Å². The van der Waals surface area contributed by atoms with Crippen molar-refractivity contribution in [2.24, 2.45) is 0 Å². The van der Waals surface area contributed by atoms with Gasteiger partial charge in [-0.25, -0.2) is 4.98 Å². The number of aromatic hydroxyl groups is 2. The number of furan rings is 1. The minimum Gasteiger partial charge on any atom is -0.503 e. The summed E-state index contributed by atoms with van der Waals surface area (Å²) in [7, 11) is 0. The predicted molar refractivity (Wildman–Crippen MR) is 125 cm³/mol. The van der Waals surface area contributed by atoms with E-state index >= 15 is 0 Å². The number of aromatic nitrogens is 2. The number of rotatable bonds is 4. The Bertz CT molecular complexity index is 1600. The molecule has 3 heterocycles. The summed E-state index contributed by atoms with van der Waals surface area (Å²) in [4.78, 5) is 17.8. The predicted octanol–water partition coefficient (Wildman–Crippen LogP) is 6.97. The average molecular weight is 519 g/mol. The minimum atomic E-state index is -4.57. The molecular weight excluding hydrogens is 505 g/mol. The summed E-state index contributed by atoms with van der Waals surface area (Å²) in [5.41, 5.74) is -0.601. The molecule has 11 heteroatoms. The van der Waals surface area contributed by atoms with E-state index in [0.29, 0.717) is 21.0 Å². The average Bonchev–Trinajstić information content (AvgIpc) is 3.49. The molecule has 5 aromatic rings. The summed E-state index contributed by atoms with van der Waals surface area (Å²) in [5, 5.41) is 22.3. The van der Waals surface area contributed by atoms with Gasteiger partial charge in [0.05, 0.1) is 27.0 Å². The molecule has 0 saturated carbocycles. The Morgan fingerprint density at radius 3 is 2.43 bits per heavy atom. The van der Waals surface area contributed by atoms with Gasteiger partial charge in [0.2, 0.25) is 11.7 Å². The van der Waals surface area contributed by atoms with E-state index in [1.807, 2.05) is 0 Å². The van der Waals surface area contributed by atoms with E-state index in [4.69, 9.17) is 16.0 Å². The summed E-state index contributed by atoms with van der Waals surface area (Å²) in [6.07, 6.45) is -4.57. The number of carbonyl (C=O) groups excluding carboxylic acids is 1. The smallest absolute Gasteiger partial charge is 0.416 e. The molecule has 0 aliphatic carbocycles. The third-order valence-electron chi connectivity index (χ3n) is 5.33. The number of aryl methyl sites for hydroxylation is 1. The highest BCUT2D eigenvalue weighted by Crippen LogP contribution is 2.46. The van der Waals surface area contributed by atoms with Crippen LogP contribution < -0.4 is 0 Å². The Kier molecular flexibility index (Phi) is 5.37. The Hall–Kier alpha value is -3.76. The number of thiazole rings is 1. The zero-order valence-corrected chi connectivity index (χ0v) is 19.3. The molecule has 0 atom stereocenters. The van der Waals surface area contributed by atoms with Crippen molar-refractivity contribution in [3.05, 3.63) is 82.3 Å². The van der Waals surface area contributed by atoms with E-state index in [2.05, 4.69) is 4.98 Å². The summed E-state index contributed by atoms with van der Waals surface area (Å²) in [5.74, 6) is -1.88. The molecule has 0 spiro atoms. The van der Waals surface area contributed by atoms with E-state index < -0.39 is 29.2 Å². The highest BCUT2D eigenvalue weighted by Gasteiger charge is 2.34. The van der Waals surface area contributed by atoms with Crippen molar-refractivity contribution in [3.8, 4) is 28.0 Å². The zero-order chi connectivity index (χ0) is 25.1. The van der Waals surface area contributed by atoms with Gasteiger partial charge in [-0.15, -0.1) is 0 Å². The number of carbonyl (C=O) groups is 1. The Morgan fingerprint density at radius 1 is 1.09 bits per heavy atom. The highest BCUT2D eigenvalue weighted by molar-refractivity contribution is 7.20. The second-order valence-corrected chi connectivity index (χ2v) is 9.10. The first-order valence-electron chi connectivity index (χ1n) is 10.1. The van der Waals surface area contributed by atoms with Gasteiger partial charge >= 0.3 is 6.18 Å². The molecule has 0 aliphatic heterocycles. The van der Waals surface area contributed by atoms with Crippen molar-refractivity contribution in [2.45, 2.75) is 13.1 Å². The van der Waals surface area contributed by atoms with Crippen LogP contribution in [-0.2, 0) is 6.18 Å². The number of alkyl halides is 3. The van der Waals surface area contributed by atoms with E-state index in [1.54, 1.807) is 31.2 Å². The van der Waals surface area contributed by atoms with Gasteiger partial charge in [0.25, 0.3) is 0 Å². The van der Waals surface area contributed by atoms with Crippen molar-refractivity contribution < 1.29 is 32.6 Å². The first kappa shape index (κ1) is 23.0. The van der Waals surface area contributed by atoms with Crippen LogP contribution in [0.25, 0.3) is 26.6 Å². The van der Waals surface area contributed by atoms with Crippen LogP contribution in [0.2, 0.25) is 5.02 Å². The van der Waals surface area contributed by atoms with Gasteiger partial charge in [-0.05, 0) is 55.0 Å². The maximum absolute atomic E-state index is 13.3. The normalized spacial score (nSPS) is 11.9. The second kappa shape index (κ2) is 8.17. The molecule has 5 rings (SSSR count). The molecule has 0 aliphatic rings. The first-order valence-corrected chi connectivity index (χ1v) is 11.3. The molecule has 35 heavy (non-hydrogen) atoms. The van der Waals surface area contributed by atoms with Crippen molar-refractivity contribution in [1.82, 2.24) is 9.55 Å². The summed E-state index contributed by atoms with van der Waals surface area (Å²) in [6, 6.07) is 11.9. The number of benzene rings is 2. The Labute approximate surface area is 204 Å². The largest absolute Gasteiger partial charge is 0.503 e. The quantitative estimate of drug-likeness (QED) is 0.251. The molecule has 0 amide bonds. The molecule has 0 bridgehead atoms. The summed E-state index contributed by atoms with van der Waals surface area (Å²) < 4.78 is 46.6. The topological polar surface area (TPSA) is 88.5 Å². The fraction of sp³-hybridized carbons (Fsp3) is 0.0833. The number of fused-ring (bicyclic) bond motifs is 1. The highest BCUT2D eigenvalue weighted by atomic mass is 35.5. The van der Waals surface area contributed by atoms with Gasteiger partial charge in [-0.1, -0.05) is 35.1 Å². The lowest BCUT2D eigenvalue weighted by Gasteiger charge is -2.11. The van der Waals surface area contributed by atoms with Gasteiger partial charge in [0, 0.05) is 5.02 Å². The number of hydrogen-bond donors (Lipinski definition) is 2. The van der Waals surface area contributed by atoms with Crippen LogP contribution in [0.3, 0.4) is 0 Å². The van der Waals surface area contributed by atoms with E-state index in [0.717, 1.165) is 40.2 Å². The molecule has 2 aromatic carbocycles. The second-order valence-electron chi connectivity index (χ2n) is 7.65. The van der Waals surface area contributed by atoms with Crippen molar-refractivity contribution in [2.75, 3.05) is 0 Å². The molecule has 0 radical (unpaired) electrons. The van der Waals surface area contributed by atoms with Gasteiger partial charge in [0.1, 0.15) is 5.76 Å². The van der Waals surface area contributed by atoms with Crippen LogP contribution in [0.1, 0.15) is 27.4 Å². The van der Waals surface area contributed by atoms with E-state index in [-0.39, 0.29) is 27.7 Å².